The van der Waals surface area contributed by atoms with Crippen LogP contribution in [-0.4, -0.2) is 17.6 Å². The Hall–Kier alpha value is -1.29. The Morgan fingerprint density at radius 3 is 3.00 bits per heavy atom. The van der Waals surface area contributed by atoms with E-state index in [-0.39, 0.29) is 12.4 Å². The number of carbonyl (C=O) groups excluding carboxylic acids is 1. The number of rotatable bonds is 3. The molecule has 0 saturated heterocycles. The summed E-state index contributed by atoms with van der Waals surface area (Å²) in [6, 6.07) is 1.62. The molecular formula is C7H9NO3. The molecular weight excluding hydrogens is 146 g/mol. The van der Waals surface area contributed by atoms with E-state index in [0.29, 0.717) is 12.0 Å². The van der Waals surface area contributed by atoms with Crippen LogP contribution < -0.4 is 5.73 Å². The lowest BCUT2D eigenvalue weighted by molar-refractivity contribution is 0.0972. The zero-order valence-electron chi connectivity index (χ0n) is 5.91. The third-order valence-electron chi connectivity index (χ3n) is 1.35. The first-order valence-corrected chi connectivity index (χ1v) is 3.22. The molecule has 0 aliphatic rings. The molecule has 1 rings (SSSR count). The van der Waals surface area contributed by atoms with Crippen LogP contribution in [0.2, 0.25) is 0 Å². The van der Waals surface area contributed by atoms with E-state index in [2.05, 4.69) is 0 Å². The van der Waals surface area contributed by atoms with Gasteiger partial charge in [0, 0.05) is 12.2 Å². The molecule has 0 radical (unpaired) electrons. The van der Waals surface area contributed by atoms with E-state index in [9.17, 15) is 4.79 Å². The highest BCUT2D eigenvalue weighted by Gasteiger charge is 2.10. The zero-order chi connectivity index (χ0) is 8.27. The summed E-state index contributed by atoms with van der Waals surface area (Å²) in [6.07, 6.45) is 1.78. The topological polar surface area (TPSA) is 76.5 Å². The minimum atomic E-state index is -0.599. The second-order valence-electron chi connectivity index (χ2n) is 2.11. The van der Waals surface area contributed by atoms with Crippen molar-refractivity contribution in [2.45, 2.75) is 6.42 Å². The Labute approximate surface area is 63.6 Å². The second kappa shape index (κ2) is 3.21. The van der Waals surface area contributed by atoms with Gasteiger partial charge in [-0.25, -0.2) is 0 Å². The number of primary amides is 1. The Morgan fingerprint density at radius 2 is 2.45 bits per heavy atom. The number of nitrogens with two attached hydrogens (primary N) is 1. The fourth-order valence-corrected chi connectivity index (χ4v) is 0.869. The molecule has 0 atom stereocenters. The summed E-state index contributed by atoms with van der Waals surface area (Å²) < 4.78 is 4.79. The van der Waals surface area contributed by atoms with Gasteiger partial charge in [0.25, 0.3) is 5.91 Å². The number of aliphatic hydroxyl groups is 1. The lowest BCUT2D eigenvalue weighted by Gasteiger charge is -1.93. The third kappa shape index (κ3) is 1.59. The van der Waals surface area contributed by atoms with Crippen LogP contribution in [0.3, 0.4) is 0 Å². The molecule has 0 saturated carbocycles. The van der Waals surface area contributed by atoms with Crippen LogP contribution in [0.4, 0.5) is 0 Å². The molecule has 0 spiro atoms. The Balaban J connectivity index is 2.87. The maximum absolute atomic E-state index is 10.6. The van der Waals surface area contributed by atoms with Gasteiger partial charge in [0.1, 0.15) is 0 Å². The van der Waals surface area contributed by atoms with Crippen LogP contribution in [0.25, 0.3) is 0 Å². The van der Waals surface area contributed by atoms with Crippen molar-refractivity contribution in [3.05, 3.63) is 23.7 Å². The molecule has 11 heavy (non-hydrogen) atoms. The van der Waals surface area contributed by atoms with E-state index in [1.54, 1.807) is 6.07 Å². The number of carbonyl (C=O) groups is 1. The minimum absolute atomic E-state index is 0.0141. The SMILES string of the molecule is NC(=O)c1occc1CCO. The van der Waals surface area contributed by atoms with Crippen molar-refractivity contribution in [2.75, 3.05) is 6.61 Å². The highest BCUT2D eigenvalue weighted by molar-refractivity contribution is 5.91. The molecule has 4 heteroatoms. The Kier molecular flexibility index (Phi) is 2.28. The molecule has 0 aromatic carbocycles. The number of furan rings is 1. The van der Waals surface area contributed by atoms with Gasteiger partial charge in [-0.05, 0) is 12.5 Å². The van der Waals surface area contributed by atoms with Crippen LogP contribution in [0.5, 0.6) is 0 Å². The van der Waals surface area contributed by atoms with Crippen molar-refractivity contribution in [1.82, 2.24) is 0 Å². The van der Waals surface area contributed by atoms with E-state index in [1.165, 1.54) is 6.26 Å². The lowest BCUT2D eigenvalue weighted by Crippen LogP contribution is -2.12. The van der Waals surface area contributed by atoms with Crippen molar-refractivity contribution in [1.29, 1.82) is 0 Å². The molecule has 1 aromatic heterocycles. The largest absolute Gasteiger partial charge is 0.459 e. The Morgan fingerprint density at radius 1 is 1.73 bits per heavy atom. The van der Waals surface area contributed by atoms with Gasteiger partial charge in [-0.1, -0.05) is 0 Å². The number of amides is 1. The van der Waals surface area contributed by atoms with E-state index < -0.39 is 5.91 Å². The van der Waals surface area contributed by atoms with Crippen molar-refractivity contribution in [3.63, 3.8) is 0 Å². The van der Waals surface area contributed by atoms with Crippen LogP contribution in [-0.2, 0) is 6.42 Å². The maximum Gasteiger partial charge on any atom is 0.284 e. The van der Waals surface area contributed by atoms with E-state index in [4.69, 9.17) is 15.3 Å². The fraction of sp³-hybridized carbons (Fsp3) is 0.286. The molecule has 1 amide bonds. The molecule has 0 aliphatic heterocycles. The van der Waals surface area contributed by atoms with Crippen LogP contribution >= 0.6 is 0 Å². The molecule has 0 bridgehead atoms. The fourth-order valence-electron chi connectivity index (χ4n) is 0.869. The zero-order valence-corrected chi connectivity index (χ0v) is 5.91. The Bertz CT molecular complexity index is 254. The van der Waals surface area contributed by atoms with Gasteiger partial charge in [-0.3, -0.25) is 4.79 Å². The molecule has 60 valence electrons. The number of hydrogen-bond donors (Lipinski definition) is 2. The van der Waals surface area contributed by atoms with Gasteiger partial charge in [-0.15, -0.1) is 0 Å². The molecule has 4 nitrogen and oxygen atoms in total. The highest BCUT2D eigenvalue weighted by Crippen LogP contribution is 2.09. The maximum atomic E-state index is 10.6. The molecule has 0 fully saturated rings. The van der Waals surface area contributed by atoms with Gasteiger partial charge < -0.3 is 15.3 Å². The first-order valence-electron chi connectivity index (χ1n) is 3.22. The number of hydrogen-bond acceptors (Lipinski definition) is 3. The lowest BCUT2D eigenvalue weighted by atomic mass is 10.2. The first-order chi connectivity index (χ1) is 5.25. The van der Waals surface area contributed by atoms with Crippen molar-refractivity contribution < 1.29 is 14.3 Å². The van der Waals surface area contributed by atoms with Crippen molar-refractivity contribution >= 4 is 5.91 Å². The van der Waals surface area contributed by atoms with Crippen LogP contribution in [0, 0.1) is 0 Å². The quantitative estimate of drug-likeness (QED) is 0.640. The van der Waals surface area contributed by atoms with Crippen LogP contribution in [0.15, 0.2) is 16.7 Å². The average Bonchev–Trinajstić information content (AvgIpc) is 2.36. The van der Waals surface area contributed by atoms with Gasteiger partial charge in [0.2, 0.25) is 0 Å². The van der Waals surface area contributed by atoms with Gasteiger partial charge in [-0.2, -0.15) is 0 Å². The normalized spacial score (nSPS) is 9.91. The predicted molar refractivity (Wildman–Crippen MR) is 38.0 cm³/mol. The molecule has 1 heterocycles. The van der Waals surface area contributed by atoms with Gasteiger partial charge >= 0.3 is 0 Å². The average molecular weight is 155 g/mol. The smallest absolute Gasteiger partial charge is 0.284 e. The van der Waals surface area contributed by atoms with Crippen LogP contribution in [0.1, 0.15) is 16.1 Å². The molecule has 1 aromatic rings. The molecule has 3 N–H and O–H groups in total. The summed E-state index contributed by atoms with van der Waals surface area (Å²) in [4.78, 5) is 10.6. The van der Waals surface area contributed by atoms with E-state index in [0.717, 1.165) is 0 Å². The second-order valence-corrected chi connectivity index (χ2v) is 2.11. The summed E-state index contributed by atoms with van der Waals surface area (Å²) in [7, 11) is 0. The molecule has 0 unspecified atom stereocenters. The summed E-state index contributed by atoms with van der Waals surface area (Å²) in [5.41, 5.74) is 5.63. The summed E-state index contributed by atoms with van der Waals surface area (Å²) >= 11 is 0. The van der Waals surface area contributed by atoms with E-state index in [1.807, 2.05) is 0 Å². The third-order valence-corrected chi connectivity index (χ3v) is 1.35. The van der Waals surface area contributed by atoms with Gasteiger partial charge in [0.05, 0.1) is 6.26 Å². The molecule has 0 aliphatic carbocycles. The summed E-state index contributed by atoms with van der Waals surface area (Å²) in [5, 5.41) is 8.55. The minimum Gasteiger partial charge on any atom is -0.459 e. The van der Waals surface area contributed by atoms with Crippen molar-refractivity contribution in [2.24, 2.45) is 5.73 Å². The monoisotopic (exact) mass is 155 g/mol. The number of aliphatic hydroxyl groups excluding tert-OH is 1. The standard InChI is InChI=1S/C7H9NO3/c8-7(10)6-5(1-3-9)2-4-11-6/h2,4,9H,1,3H2,(H2,8,10). The summed E-state index contributed by atoms with van der Waals surface area (Å²) in [6.45, 7) is -0.0141. The van der Waals surface area contributed by atoms with Crippen molar-refractivity contribution in [3.8, 4) is 0 Å². The predicted octanol–water partition coefficient (Wildman–Crippen LogP) is -0.0867. The summed E-state index contributed by atoms with van der Waals surface area (Å²) in [5.74, 6) is -0.461. The van der Waals surface area contributed by atoms with E-state index >= 15 is 0 Å². The first kappa shape index (κ1) is 7.81. The van der Waals surface area contributed by atoms with Gasteiger partial charge in [0.15, 0.2) is 5.76 Å². The highest BCUT2D eigenvalue weighted by atomic mass is 16.3.